The van der Waals surface area contributed by atoms with Gasteiger partial charge in [-0.1, -0.05) is 36.4 Å². The molecular formula is C31H36N4O3. The molecule has 0 saturated carbocycles. The summed E-state index contributed by atoms with van der Waals surface area (Å²) in [7, 11) is 0. The van der Waals surface area contributed by atoms with Gasteiger partial charge < -0.3 is 24.8 Å². The molecule has 1 unspecified atom stereocenters. The van der Waals surface area contributed by atoms with Gasteiger partial charge >= 0.3 is 0 Å². The number of piperazine rings is 1. The summed E-state index contributed by atoms with van der Waals surface area (Å²) >= 11 is 0. The molecule has 7 heteroatoms. The number of para-hydroxylation sites is 1. The number of hydrogen-bond acceptors (Lipinski definition) is 5. The number of anilines is 2. The first-order chi connectivity index (χ1) is 18.6. The zero-order chi connectivity index (χ0) is 26.5. The van der Waals surface area contributed by atoms with Crippen LogP contribution < -0.4 is 10.2 Å². The van der Waals surface area contributed by atoms with Crippen molar-refractivity contribution in [3.8, 4) is 0 Å². The Hall–Kier alpha value is -3.84. The number of carbonyl (C=O) groups is 2. The molecule has 198 valence electrons. The lowest BCUT2D eigenvalue weighted by atomic mass is 10.1. The fraction of sp³-hybridized carbons (Fsp3) is 0.355. The molecule has 0 bridgehead atoms. The van der Waals surface area contributed by atoms with Crippen LogP contribution in [-0.4, -0.2) is 67.6 Å². The minimum Gasteiger partial charge on any atom is -0.382 e. The normalized spacial score (nSPS) is 17.1. The molecule has 1 fully saturated rings. The van der Waals surface area contributed by atoms with Crippen molar-refractivity contribution < 1.29 is 14.3 Å². The number of fused-ring (bicyclic) bond motifs is 1. The Balaban J connectivity index is 1.23. The molecule has 2 heterocycles. The smallest absolute Gasteiger partial charge is 0.256 e. The molecule has 1 atom stereocenters. The molecule has 0 aromatic heterocycles. The Morgan fingerprint density at radius 3 is 2.39 bits per heavy atom. The Bertz CT molecular complexity index is 1270. The summed E-state index contributed by atoms with van der Waals surface area (Å²) in [5.74, 6) is 0.0890. The standard InChI is InChI=1S/C31H36N4O3/c1-3-38-22-8-17-35-29(26-10-5-6-11-27(26)31(35)37)32-25-15-13-24(14-16-25)30(36)34-20-18-33(19-21-34)28-12-7-4-9-23(28)2/h4-7,9-16,29,32H,3,8,17-22H2,1-2H3. The van der Waals surface area contributed by atoms with Gasteiger partial charge in [-0.25, -0.2) is 0 Å². The van der Waals surface area contributed by atoms with Crippen LogP contribution in [0.2, 0.25) is 0 Å². The van der Waals surface area contributed by atoms with Gasteiger partial charge in [-0.2, -0.15) is 0 Å². The molecule has 0 radical (unpaired) electrons. The Morgan fingerprint density at radius 1 is 0.947 bits per heavy atom. The Morgan fingerprint density at radius 2 is 1.66 bits per heavy atom. The highest BCUT2D eigenvalue weighted by molar-refractivity contribution is 5.99. The van der Waals surface area contributed by atoms with Gasteiger partial charge in [-0.3, -0.25) is 9.59 Å². The molecule has 2 aliphatic rings. The molecule has 3 aromatic rings. The maximum atomic E-state index is 13.2. The molecular weight excluding hydrogens is 476 g/mol. The number of rotatable bonds is 9. The van der Waals surface area contributed by atoms with E-state index in [0.717, 1.165) is 36.3 Å². The first kappa shape index (κ1) is 25.8. The maximum Gasteiger partial charge on any atom is 0.256 e. The van der Waals surface area contributed by atoms with E-state index in [-0.39, 0.29) is 18.0 Å². The van der Waals surface area contributed by atoms with Crippen molar-refractivity contribution in [1.82, 2.24) is 9.80 Å². The van der Waals surface area contributed by atoms with E-state index in [4.69, 9.17) is 4.74 Å². The van der Waals surface area contributed by atoms with E-state index < -0.39 is 0 Å². The fourth-order valence-electron chi connectivity index (χ4n) is 5.36. The van der Waals surface area contributed by atoms with Crippen LogP contribution in [0, 0.1) is 6.92 Å². The Labute approximate surface area is 225 Å². The molecule has 0 aliphatic carbocycles. The van der Waals surface area contributed by atoms with Crippen LogP contribution in [0.5, 0.6) is 0 Å². The van der Waals surface area contributed by atoms with Gasteiger partial charge in [-0.15, -0.1) is 0 Å². The number of ether oxygens (including phenoxy) is 1. The van der Waals surface area contributed by atoms with Gasteiger partial charge in [0, 0.05) is 74.0 Å². The van der Waals surface area contributed by atoms with Crippen molar-refractivity contribution in [3.05, 3.63) is 95.1 Å². The van der Waals surface area contributed by atoms with E-state index in [1.54, 1.807) is 0 Å². The van der Waals surface area contributed by atoms with Crippen molar-refractivity contribution >= 4 is 23.2 Å². The van der Waals surface area contributed by atoms with E-state index >= 15 is 0 Å². The van der Waals surface area contributed by atoms with E-state index in [1.165, 1.54) is 11.3 Å². The monoisotopic (exact) mass is 512 g/mol. The van der Waals surface area contributed by atoms with Gasteiger partial charge in [0.25, 0.3) is 11.8 Å². The number of benzene rings is 3. The topological polar surface area (TPSA) is 65.1 Å². The van der Waals surface area contributed by atoms with Crippen LogP contribution in [0.3, 0.4) is 0 Å². The molecule has 0 spiro atoms. The lowest BCUT2D eigenvalue weighted by molar-refractivity contribution is 0.0707. The highest BCUT2D eigenvalue weighted by Crippen LogP contribution is 2.34. The second-order valence-corrected chi connectivity index (χ2v) is 9.83. The third kappa shape index (κ3) is 5.38. The predicted octanol–water partition coefficient (Wildman–Crippen LogP) is 4.95. The SMILES string of the molecule is CCOCCCN1C(=O)c2ccccc2C1Nc1ccc(C(=O)N2CCN(c3ccccc3C)CC2)cc1. The van der Waals surface area contributed by atoms with Crippen molar-refractivity contribution in [2.45, 2.75) is 26.4 Å². The Kier molecular flexibility index (Phi) is 7.94. The van der Waals surface area contributed by atoms with Crippen LogP contribution in [0.15, 0.2) is 72.8 Å². The summed E-state index contributed by atoms with van der Waals surface area (Å²) in [5, 5.41) is 3.53. The summed E-state index contributed by atoms with van der Waals surface area (Å²) in [4.78, 5) is 32.5. The molecule has 3 aromatic carbocycles. The van der Waals surface area contributed by atoms with E-state index in [1.807, 2.05) is 65.3 Å². The van der Waals surface area contributed by atoms with Gasteiger partial charge in [0.1, 0.15) is 6.17 Å². The van der Waals surface area contributed by atoms with E-state index in [0.29, 0.717) is 38.4 Å². The summed E-state index contributed by atoms with van der Waals surface area (Å²) < 4.78 is 5.48. The van der Waals surface area contributed by atoms with E-state index in [2.05, 4.69) is 41.4 Å². The first-order valence-corrected chi connectivity index (χ1v) is 13.5. The molecule has 2 aliphatic heterocycles. The minimum absolute atomic E-state index is 0.0336. The lowest BCUT2D eigenvalue weighted by Crippen LogP contribution is -2.49. The second kappa shape index (κ2) is 11.7. The molecule has 7 nitrogen and oxygen atoms in total. The highest BCUT2D eigenvalue weighted by Gasteiger charge is 2.36. The van der Waals surface area contributed by atoms with Gasteiger partial charge in [0.2, 0.25) is 0 Å². The fourth-order valence-corrected chi connectivity index (χ4v) is 5.36. The molecule has 38 heavy (non-hydrogen) atoms. The number of nitrogens with one attached hydrogen (secondary N) is 1. The lowest BCUT2D eigenvalue weighted by Gasteiger charge is -2.36. The van der Waals surface area contributed by atoms with Crippen LogP contribution in [0.25, 0.3) is 0 Å². The van der Waals surface area contributed by atoms with Crippen LogP contribution in [0.4, 0.5) is 11.4 Å². The van der Waals surface area contributed by atoms with Gasteiger partial charge in [0.15, 0.2) is 0 Å². The summed E-state index contributed by atoms with van der Waals surface area (Å²) in [6.45, 7) is 9.05. The maximum absolute atomic E-state index is 13.2. The third-order valence-corrected chi connectivity index (χ3v) is 7.41. The number of carbonyl (C=O) groups excluding carboxylic acids is 2. The largest absolute Gasteiger partial charge is 0.382 e. The molecule has 5 rings (SSSR count). The van der Waals surface area contributed by atoms with Crippen LogP contribution in [-0.2, 0) is 4.74 Å². The van der Waals surface area contributed by atoms with Crippen molar-refractivity contribution in [2.24, 2.45) is 0 Å². The van der Waals surface area contributed by atoms with Crippen molar-refractivity contribution in [3.63, 3.8) is 0 Å². The quantitative estimate of drug-likeness (QED) is 0.411. The third-order valence-electron chi connectivity index (χ3n) is 7.41. The number of aryl methyl sites for hydroxylation is 1. The number of nitrogens with zero attached hydrogens (tertiary/aromatic N) is 3. The summed E-state index contributed by atoms with van der Waals surface area (Å²) in [6, 6.07) is 23.8. The summed E-state index contributed by atoms with van der Waals surface area (Å²) in [6.07, 6.45) is 0.521. The van der Waals surface area contributed by atoms with Gasteiger partial charge in [0.05, 0.1) is 0 Å². The predicted molar refractivity (Wildman–Crippen MR) is 151 cm³/mol. The zero-order valence-electron chi connectivity index (χ0n) is 22.2. The van der Waals surface area contributed by atoms with Crippen LogP contribution in [0.1, 0.15) is 51.4 Å². The number of hydrogen-bond donors (Lipinski definition) is 1. The number of amides is 2. The zero-order valence-corrected chi connectivity index (χ0v) is 22.2. The highest BCUT2D eigenvalue weighted by atomic mass is 16.5. The average molecular weight is 513 g/mol. The second-order valence-electron chi connectivity index (χ2n) is 9.83. The molecule has 1 N–H and O–H groups in total. The van der Waals surface area contributed by atoms with E-state index in [9.17, 15) is 9.59 Å². The van der Waals surface area contributed by atoms with Crippen molar-refractivity contribution in [2.75, 3.05) is 56.2 Å². The first-order valence-electron chi connectivity index (χ1n) is 13.5. The molecule has 1 saturated heterocycles. The van der Waals surface area contributed by atoms with Crippen molar-refractivity contribution in [1.29, 1.82) is 0 Å². The van der Waals surface area contributed by atoms with Gasteiger partial charge in [-0.05, 0) is 62.2 Å². The minimum atomic E-state index is -0.253. The van der Waals surface area contributed by atoms with Crippen LogP contribution >= 0.6 is 0 Å². The molecule has 2 amide bonds. The summed E-state index contributed by atoms with van der Waals surface area (Å²) in [5.41, 5.74) is 5.76. The average Bonchev–Trinajstić information content (AvgIpc) is 3.22.